The summed E-state index contributed by atoms with van der Waals surface area (Å²) in [5, 5.41) is 11.6. The number of carboxylic acid groups (broad SMARTS) is 1. The second kappa shape index (κ2) is 8.89. The molecule has 1 rings (SSSR count). The van der Waals surface area contributed by atoms with Crippen LogP contribution in [0.25, 0.3) is 0 Å². The van der Waals surface area contributed by atoms with E-state index in [1.54, 1.807) is 39.0 Å². The standard InChI is InChI=1S/C16H23NO6S/c1-16(2,3)23-15(21)17-13(14(19)20)10-11-4-6-12(7-5-11)24(22)9-8-18/h4,6-8,11,13H,5,9-10H2,1-3H3,(H,17,21)(H,19,20). The van der Waals surface area contributed by atoms with Crippen molar-refractivity contribution in [2.75, 3.05) is 5.75 Å². The molecule has 7 nitrogen and oxygen atoms in total. The Morgan fingerprint density at radius 3 is 2.67 bits per heavy atom. The molecule has 2 N–H and O–H groups in total. The molecule has 24 heavy (non-hydrogen) atoms. The molecule has 3 unspecified atom stereocenters. The predicted octanol–water partition coefficient (Wildman–Crippen LogP) is 1.76. The second-order valence-electron chi connectivity index (χ2n) is 6.41. The molecule has 0 aromatic carbocycles. The maximum Gasteiger partial charge on any atom is 0.408 e. The normalized spacial score (nSPS) is 19.8. The number of nitrogens with one attached hydrogen (secondary N) is 1. The molecular weight excluding hydrogens is 334 g/mol. The van der Waals surface area contributed by atoms with Crippen LogP contribution in [0.1, 0.15) is 33.6 Å². The number of hydrogen-bond acceptors (Lipinski definition) is 5. The average Bonchev–Trinajstić information content (AvgIpc) is 2.45. The molecule has 0 saturated heterocycles. The minimum atomic E-state index is -1.36. The molecule has 1 amide bonds. The predicted molar refractivity (Wildman–Crippen MR) is 89.8 cm³/mol. The van der Waals surface area contributed by atoms with Crippen molar-refractivity contribution in [3.63, 3.8) is 0 Å². The number of carbonyl (C=O) groups excluding carboxylic acids is 2. The second-order valence-corrected chi connectivity index (χ2v) is 7.91. The van der Waals surface area contributed by atoms with Gasteiger partial charge in [-0.1, -0.05) is 6.08 Å². The summed E-state index contributed by atoms with van der Waals surface area (Å²) in [4.78, 5) is 34.0. The Hall–Kier alpha value is -1.80. The van der Waals surface area contributed by atoms with Crippen LogP contribution in [0.4, 0.5) is 4.79 Å². The van der Waals surface area contributed by atoms with Crippen molar-refractivity contribution in [1.82, 2.24) is 5.32 Å². The Kier molecular flexibility index (Phi) is 7.50. The van der Waals surface area contributed by atoms with E-state index in [9.17, 15) is 24.0 Å². The molecule has 0 aliphatic heterocycles. The van der Waals surface area contributed by atoms with Crippen LogP contribution in [0, 0.1) is 5.92 Å². The first-order chi connectivity index (χ1) is 11.1. The van der Waals surface area contributed by atoms with Crippen LogP contribution >= 0.6 is 0 Å². The minimum absolute atomic E-state index is 0.0568. The van der Waals surface area contributed by atoms with Gasteiger partial charge in [-0.05, 0) is 62.9 Å². The van der Waals surface area contributed by atoms with Gasteiger partial charge in [-0.3, -0.25) is 4.79 Å². The number of aldehydes is 1. The largest absolute Gasteiger partial charge is 0.611 e. The Morgan fingerprint density at radius 2 is 2.21 bits per heavy atom. The van der Waals surface area contributed by atoms with Crippen LogP contribution < -0.4 is 5.32 Å². The average molecular weight is 357 g/mol. The van der Waals surface area contributed by atoms with Crippen molar-refractivity contribution in [2.45, 2.75) is 45.3 Å². The van der Waals surface area contributed by atoms with Crippen molar-refractivity contribution >= 4 is 29.5 Å². The van der Waals surface area contributed by atoms with E-state index in [1.165, 1.54) is 0 Å². The molecule has 0 radical (unpaired) electrons. The number of alkyl carbamates (subject to hydrolysis) is 1. The maximum absolute atomic E-state index is 11.7. The van der Waals surface area contributed by atoms with E-state index >= 15 is 0 Å². The third-order valence-corrected chi connectivity index (χ3v) is 4.43. The summed E-state index contributed by atoms with van der Waals surface area (Å²) in [6.07, 6.45) is 5.63. The molecule has 0 saturated carbocycles. The van der Waals surface area contributed by atoms with E-state index in [0.29, 0.717) is 17.6 Å². The first-order valence-corrected chi connectivity index (χ1v) is 8.87. The molecule has 0 bridgehead atoms. The SMILES string of the molecule is CC(C)(C)OC(=O)NC(CC1C=CC([S+]([O-])CC=O)=CC1)C(=O)O. The van der Waals surface area contributed by atoms with Crippen molar-refractivity contribution in [3.8, 4) is 0 Å². The van der Waals surface area contributed by atoms with Gasteiger partial charge in [-0.25, -0.2) is 9.59 Å². The fraction of sp³-hybridized carbons (Fsp3) is 0.562. The van der Waals surface area contributed by atoms with E-state index in [2.05, 4.69) is 5.32 Å². The summed E-state index contributed by atoms with van der Waals surface area (Å²) in [5.74, 6) is -1.31. The van der Waals surface area contributed by atoms with Gasteiger partial charge >= 0.3 is 12.1 Å². The van der Waals surface area contributed by atoms with Gasteiger partial charge < -0.3 is 19.7 Å². The number of allylic oxidation sites excluding steroid dienone is 3. The molecule has 1 aliphatic rings. The smallest absolute Gasteiger partial charge is 0.408 e. The zero-order valence-corrected chi connectivity index (χ0v) is 14.8. The molecule has 0 spiro atoms. The highest BCUT2D eigenvalue weighted by Gasteiger charge is 2.27. The number of ether oxygens (including phenoxy) is 1. The lowest BCUT2D eigenvalue weighted by molar-refractivity contribution is -0.139. The number of hydrogen-bond donors (Lipinski definition) is 2. The number of carbonyl (C=O) groups is 3. The van der Waals surface area contributed by atoms with Crippen LogP contribution in [0.15, 0.2) is 23.1 Å². The van der Waals surface area contributed by atoms with Gasteiger partial charge in [0.15, 0.2) is 12.0 Å². The molecule has 0 heterocycles. The Morgan fingerprint density at radius 1 is 1.54 bits per heavy atom. The maximum atomic E-state index is 11.7. The van der Waals surface area contributed by atoms with Gasteiger partial charge in [-0.2, -0.15) is 0 Å². The van der Waals surface area contributed by atoms with Crippen LogP contribution in [0.3, 0.4) is 0 Å². The molecule has 0 aromatic rings. The van der Waals surface area contributed by atoms with Gasteiger partial charge in [0, 0.05) is 0 Å². The summed E-state index contributed by atoms with van der Waals surface area (Å²) in [6.45, 7) is 5.08. The molecule has 8 heteroatoms. The zero-order valence-electron chi connectivity index (χ0n) is 14.0. The summed E-state index contributed by atoms with van der Waals surface area (Å²) >= 11 is -1.36. The van der Waals surface area contributed by atoms with Crippen LogP contribution in [0.5, 0.6) is 0 Å². The fourth-order valence-electron chi connectivity index (χ4n) is 2.12. The molecule has 1 aliphatic carbocycles. The van der Waals surface area contributed by atoms with E-state index in [4.69, 9.17) is 4.74 Å². The number of aliphatic carboxylic acids is 1. The molecule has 134 valence electrons. The summed E-state index contributed by atoms with van der Waals surface area (Å²) < 4.78 is 16.8. The fourth-order valence-corrected chi connectivity index (χ4v) is 2.95. The Balaban J connectivity index is 2.59. The summed E-state index contributed by atoms with van der Waals surface area (Å²) in [7, 11) is 0. The summed E-state index contributed by atoms with van der Waals surface area (Å²) in [5.41, 5.74) is -0.710. The first kappa shape index (κ1) is 20.2. The molecular formula is C16H23NO6S. The lowest BCUT2D eigenvalue weighted by atomic mass is 9.93. The van der Waals surface area contributed by atoms with E-state index < -0.39 is 34.9 Å². The quantitative estimate of drug-likeness (QED) is 0.530. The van der Waals surface area contributed by atoms with Gasteiger partial charge in [0.25, 0.3) is 0 Å². The van der Waals surface area contributed by atoms with Crippen molar-refractivity contribution in [1.29, 1.82) is 0 Å². The lowest BCUT2D eigenvalue weighted by Gasteiger charge is -2.24. The summed E-state index contributed by atoms with van der Waals surface area (Å²) in [6, 6.07) is -1.08. The van der Waals surface area contributed by atoms with Gasteiger partial charge in [-0.15, -0.1) is 0 Å². The molecule has 3 atom stereocenters. The Labute approximate surface area is 144 Å². The van der Waals surface area contributed by atoms with E-state index in [0.717, 1.165) is 0 Å². The Bertz CT molecular complexity index is 537. The third kappa shape index (κ3) is 7.18. The van der Waals surface area contributed by atoms with E-state index in [-0.39, 0.29) is 18.1 Å². The topological polar surface area (TPSA) is 116 Å². The highest BCUT2D eigenvalue weighted by Crippen LogP contribution is 2.24. The zero-order chi connectivity index (χ0) is 18.3. The van der Waals surface area contributed by atoms with E-state index in [1.807, 2.05) is 0 Å². The minimum Gasteiger partial charge on any atom is -0.611 e. The third-order valence-electron chi connectivity index (χ3n) is 3.16. The van der Waals surface area contributed by atoms with Gasteiger partial charge in [0.2, 0.25) is 0 Å². The highest BCUT2D eigenvalue weighted by molar-refractivity contribution is 7.96. The highest BCUT2D eigenvalue weighted by atomic mass is 32.2. The van der Waals surface area contributed by atoms with Gasteiger partial charge in [0.05, 0.1) is 0 Å². The molecule has 0 aromatic heterocycles. The lowest BCUT2D eigenvalue weighted by Crippen LogP contribution is -2.44. The van der Waals surface area contributed by atoms with Crippen molar-refractivity contribution in [2.24, 2.45) is 5.92 Å². The van der Waals surface area contributed by atoms with Crippen LogP contribution in [-0.2, 0) is 25.5 Å². The first-order valence-electron chi connectivity index (χ1n) is 7.55. The monoisotopic (exact) mass is 357 g/mol. The van der Waals surface area contributed by atoms with Crippen molar-refractivity contribution < 1.29 is 28.8 Å². The number of rotatable bonds is 7. The van der Waals surface area contributed by atoms with Gasteiger partial charge in [0.1, 0.15) is 16.5 Å². The van der Waals surface area contributed by atoms with Crippen molar-refractivity contribution in [3.05, 3.63) is 23.1 Å². The van der Waals surface area contributed by atoms with Crippen LogP contribution in [-0.4, -0.2) is 45.4 Å². The molecule has 0 fully saturated rings. The van der Waals surface area contributed by atoms with Crippen LogP contribution in [0.2, 0.25) is 0 Å². The number of carboxylic acids is 1. The number of amides is 1.